The molecule has 1 aliphatic rings. The Labute approximate surface area is 117 Å². The summed E-state index contributed by atoms with van der Waals surface area (Å²) in [5.41, 5.74) is 7.21. The third-order valence-corrected chi connectivity index (χ3v) is 3.99. The van der Waals surface area contributed by atoms with Gasteiger partial charge in [-0.3, -0.25) is 0 Å². The first kappa shape index (κ1) is 13.8. The van der Waals surface area contributed by atoms with Gasteiger partial charge in [-0.25, -0.2) is 0 Å². The number of nitrogens with two attached hydrogens (primary N) is 1. The van der Waals surface area contributed by atoms with Crippen LogP contribution in [0.15, 0.2) is 22.7 Å². The Morgan fingerprint density at radius 2 is 2.39 bits per heavy atom. The van der Waals surface area contributed by atoms with E-state index in [1.165, 1.54) is 5.56 Å². The largest absolute Gasteiger partial charge is 0.488 e. The van der Waals surface area contributed by atoms with E-state index in [4.69, 9.17) is 15.2 Å². The van der Waals surface area contributed by atoms with Crippen LogP contribution in [0.25, 0.3) is 0 Å². The van der Waals surface area contributed by atoms with Crippen molar-refractivity contribution >= 4 is 15.9 Å². The highest BCUT2D eigenvalue weighted by atomic mass is 79.9. The first-order valence-electron chi connectivity index (χ1n) is 6.47. The second-order valence-corrected chi connectivity index (χ2v) is 5.58. The molecule has 1 fully saturated rings. The molecule has 0 spiro atoms. The fourth-order valence-electron chi connectivity index (χ4n) is 2.01. The molecule has 1 aromatic rings. The monoisotopic (exact) mass is 313 g/mol. The third kappa shape index (κ3) is 3.70. The molecule has 0 saturated carbocycles. The third-order valence-electron chi connectivity index (χ3n) is 3.21. The number of halogens is 1. The molecule has 0 aromatic heterocycles. The van der Waals surface area contributed by atoms with Crippen molar-refractivity contribution in [3.8, 4) is 5.75 Å². The maximum atomic E-state index is 6.01. The van der Waals surface area contributed by atoms with Gasteiger partial charge in [-0.15, -0.1) is 0 Å². The summed E-state index contributed by atoms with van der Waals surface area (Å²) in [5.74, 6) is 0.909. The molecule has 1 saturated heterocycles. The van der Waals surface area contributed by atoms with Crippen LogP contribution >= 0.6 is 15.9 Å². The summed E-state index contributed by atoms with van der Waals surface area (Å²) in [6.07, 6.45) is 3.02. The van der Waals surface area contributed by atoms with Crippen LogP contribution in [0.4, 0.5) is 0 Å². The van der Waals surface area contributed by atoms with Crippen LogP contribution in [-0.4, -0.2) is 25.4 Å². The molecule has 2 atom stereocenters. The van der Waals surface area contributed by atoms with Crippen LogP contribution in [0.1, 0.15) is 25.3 Å². The van der Waals surface area contributed by atoms with E-state index in [1.54, 1.807) is 0 Å². The molecule has 2 rings (SSSR count). The smallest absolute Gasteiger partial charge is 0.124 e. The van der Waals surface area contributed by atoms with Gasteiger partial charge in [-0.2, -0.15) is 0 Å². The van der Waals surface area contributed by atoms with Crippen molar-refractivity contribution in [2.45, 2.75) is 38.3 Å². The molecule has 0 aliphatic carbocycles. The van der Waals surface area contributed by atoms with Crippen LogP contribution in [0, 0.1) is 0 Å². The summed E-state index contributed by atoms with van der Waals surface area (Å²) in [7, 11) is 0. The van der Waals surface area contributed by atoms with Gasteiger partial charge in [-0.1, -0.05) is 22.9 Å². The predicted octanol–water partition coefficient (Wildman–Crippen LogP) is 2.90. The molecule has 1 aliphatic heterocycles. The predicted molar refractivity (Wildman–Crippen MR) is 76.0 cm³/mol. The van der Waals surface area contributed by atoms with Gasteiger partial charge in [0.1, 0.15) is 11.9 Å². The minimum Gasteiger partial charge on any atom is -0.488 e. The van der Waals surface area contributed by atoms with E-state index in [0.717, 1.165) is 36.1 Å². The van der Waals surface area contributed by atoms with E-state index in [-0.39, 0.29) is 12.1 Å². The zero-order valence-electron chi connectivity index (χ0n) is 10.7. The van der Waals surface area contributed by atoms with Gasteiger partial charge in [0.05, 0.1) is 13.2 Å². The van der Waals surface area contributed by atoms with Crippen molar-refractivity contribution in [1.29, 1.82) is 0 Å². The fraction of sp³-hybridized carbons (Fsp3) is 0.571. The quantitative estimate of drug-likeness (QED) is 0.909. The zero-order chi connectivity index (χ0) is 13.0. The minimum atomic E-state index is 0.193. The van der Waals surface area contributed by atoms with Crippen molar-refractivity contribution in [3.63, 3.8) is 0 Å². The molecule has 18 heavy (non-hydrogen) atoms. The van der Waals surface area contributed by atoms with Gasteiger partial charge >= 0.3 is 0 Å². The summed E-state index contributed by atoms with van der Waals surface area (Å²) < 4.78 is 12.3. The Kier molecular flexibility index (Phi) is 5.03. The molecule has 100 valence electrons. The fourth-order valence-corrected chi connectivity index (χ4v) is 2.41. The van der Waals surface area contributed by atoms with Gasteiger partial charge in [-0.05, 0) is 36.6 Å². The number of benzene rings is 1. The minimum absolute atomic E-state index is 0.193. The Hall–Kier alpha value is -0.580. The lowest BCUT2D eigenvalue weighted by atomic mass is 10.0. The molecule has 3 nitrogen and oxygen atoms in total. The van der Waals surface area contributed by atoms with E-state index in [9.17, 15) is 0 Å². The molecule has 0 bridgehead atoms. The molecule has 2 N–H and O–H groups in total. The molecule has 1 aromatic carbocycles. The maximum absolute atomic E-state index is 6.01. The summed E-state index contributed by atoms with van der Waals surface area (Å²) >= 11 is 3.57. The van der Waals surface area contributed by atoms with Gasteiger partial charge < -0.3 is 15.2 Å². The summed E-state index contributed by atoms with van der Waals surface area (Å²) in [6.45, 7) is 3.60. The van der Waals surface area contributed by atoms with E-state index >= 15 is 0 Å². The molecule has 4 heteroatoms. The van der Waals surface area contributed by atoms with Crippen LogP contribution in [0.3, 0.4) is 0 Å². The van der Waals surface area contributed by atoms with Crippen LogP contribution in [0.2, 0.25) is 0 Å². The molecule has 0 radical (unpaired) electrons. The maximum Gasteiger partial charge on any atom is 0.124 e. The van der Waals surface area contributed by atoms with Crippen molar-refractivity contribution < 1.29 is 9.47 Å². The highest BCUT2D eigenvalue weighted by Crippen LogP contribution is 2.25. The first-order valence-corrected chi connectivity index (χ1v) is 7.26. The summed E-state index contributed by atoms with van der Waals surface area (Å²) in [5, 5.41) is 0. The van der Waals surface area contributed by atoms with Crippen molar-refractivity contribution in [1.82, 2.24) is 0 Å². The Morgan fingerprint density at radius 1 is 1.56 bits per heavy atom. The Morgan fingerprint density at radius 3 is 3.06 bits per heavy atom. The SMILES string of the molecule is CCC(N)Cc1cc(OC2CCOC2)ccc1Br. The average Bonchev–Trinajstić information content (AvgIpc) is 2.86. The molecule has 0 amide bonds. The highest BCUT2D eigenvalue weighted by molar-refractivity contribution is 9.10. The van der Waals surface area contributed by atoms with Gasteiger partial charge in [0.2, 0.25) is 0 Å². The molecular weight excluding hydrogens is 294 g/mol. The topological polar surface area (TPSA) is 44.5 Å². The Bertz CT molecular complexity index is 391. The van der Waals surface area contributed by atoms with E-state index in [1.807, 2.05) is 12.1 Å². The van der Waals surface area contributed by atoms with Crippen LogP contribution in [-0.2, 0) is 11.2 Å². The van der Waals surface area contributed by atoms with Crippen LogP contribution < -0.4 is 10.5 Å². The van der Waals surface area contributed by atoms with E-state index < -0.39 is 0 Å². The second kappa shape index (κ2) is 6.55. The van der Waals surface area contributed by atoms with E-state index in [2.05, 4.69) is 28.9 Å². The highest BCUT2D eigenvalue weighted by Gasteiger charge is 2.17. The molecular formula is C14H20BrNO2. The normalized spacial score (nSPS) is 20.9. The number of rotatable bonds is 5. The van der Waals surface area contributed by atoms with Gasteiger partial charge in [0.25, 0.3) is 0 Å². The van der Waals surface area contributed by atoms with Crippen molar-refractivity contribution in [2.24, 2.45) is 5.73 Å². The average molecular weight is 314 g/mol. The van der Waals surface area contributed by atoms with Gasteiger partial charge in [0.15, 0.2) is 0 Å². The van der Waals surface area contributed by atoms with Crippen molar-refractivity contribution in [2.75, 3.05) is 13.2 Å². The van der Waals surface area contributed by atoms with Gasteiger partial charge in [0, 0.05) is 16.9 Å². The number of hydrogen-bond donors (Lipinski definition) is 1. The number of ether oxygens (including phenoxy) is 2. The molecule has 2 unspecified atom stereocenters. The summed E-state index contributed by atoms with van der Waals surface area (Å²) in [4.78, 5) is 0. The Balaban J connectivity index is 2.05. The van der Waals surface area contributed by atoms with E-state index in [0.29, 0.717) is 6.61 Å². The molecule has 1 heterocycles. The lowest BCUT2D eigenvalue weighted by Gasteiger charge is -2.15. The van der Waals surface area contributed by atoms with Crippen molar-refractivity contribution in [3.05, 3.63) is 28.2 Å². The zero-order valence-corrected chi connectivity index (χ0v) is 12.3. The first-order chi connectivity index (χ1) is 8.69. The number of hydrogen-bond acceptors (Lipinski definition) is 3. The van der Waals surface area contributed by atoms with Crippen LogP contribution in [0.5, 0.6) is 5.75 Å². The lowest BCUT2D eigenvalue weighted by molar-refractivity contribution is 0.141. The second-order valence-electron chi connectivity index (χ2n) is 4.73. The standard InChI is InChI=1S/C14H20BrNO2/c1-2-11(16)7-10-8-12(3-4-14(10)15)18-13-5-6-17-9-13/h3-4,8,11,13H,2,5-7,9,16H2,1H3. The lowest BCUT2D eigenvalue weighted by Crippen LogP contribution is -2.21. The summed E-state index contributed by atoms with van der Waals surface area (Å²) in [6, 6.07) is 6.30.